The molecule has 1 aromatic heterocycles. The monoisotopic (exact) mass is 369 g/mol. The summed E-state index contributed by atoms with van der Waals surface area (Å²) in [4.78, 5) is 7.18. The second-order valence-corrected chi connectivity index (χ2v) is 7.80. The molecule has 3 rings (SSSR count). The summed E-state index contributed by atoms with van der Waals surface area (Å²) >= 11 is 11.7. The Bertz CT molecular complexity index is 954. The highest BCUT2D eigenvalue weighted by Crippen LogP contribution is 2.25. The number of hydrogen-bond donors (Lipinski definition) is 2. The van der Waals surface area contributed by atoms with Crippen molar-refractivity contribution in [3.05, 3.63) is 51.5 Å². The highest BCUT2D eigenvalue weighted by molar-refractivity contribution is 7.92. The highest BCUT2D eigenvalue weighted by Gasteiger charge is 2.18. The van der Waals surface area contributed by atoms with Gasteiger partial charge in [0.25, 0.3) is 10.0 Å². The number of hydrogen-bond acceptors (Lipinski definition) is 3. The first-order valence-electron chi connectivity index (χ1n) is 6.70. The van der Waals surface area contributed by atoms with Crippen LogP contribution in [0.25, 0.3) is 11.0 Å². The molecule has 5 nitrogen and oxygen atoms in total. The number of halogens is 2. The Morgan fingerprint density at radius 3 is 2.26 bits per heavy atom. The molecule has 0 amide bonds. The van der Waals surface area contributed by atoms with Gasteiger partial charge in [-0.3, -0.25) is 0 Å². The molecule has 0 saturated carbocycles. The van der Waals surface area contributed by atoms with Gasteiger partial charge in [-0.15, -0.1) is 0 Å². The lowest BCUT2D eigenvalue weighted by Gasteiger charge is -2.06. The van der Waals surface area contributed by atoms with Gasteiger partial charge >= 0.3 is 0 Å². The molecule has 0 bridgehead atoms. The second kappa shape index (κ2) is 5.70. The molecule has 0 radical (unpaired) electrons. The third-order valence-corrected chi connectivity index (χ3v) is 5.23. The van der Waals surface area contributed by atoms with E-state index >= 15 is 0 Å². The molecule has 0 spiro atoms. The van der Waals surface area contributed by atoms with E-state index in [2.05, 4.69) is 14.7 Å². The molecule has 1 heterocycles. The lowest BCUT2D eigenvalue weighted by Crippen LogP contribution is -2.14. The van der Waals surface area contributed by atoms with Crippen molar-refractivity contribution in [2.45, 2.75) is 18.7 Å². The maximum absolute atomic E-state index is 12.4. The number of H-pyrrole nitrogens is 1. The number of nitrogens with one attached hydrogen (secondary N) is 2. The molecule has 8 heteroatoms. The van der Waals surface area contributed by atoms with Crippen LogP contribution in [0.1, 0.15) is 11.1 Å². The Balaban J connectivity index is 2.00. The van der Waals surface area contributed by atoms with E-state index in [0.717, 1.165) is 16.6 Å². The molecule has 0 saturated heterocycles. The van der Waals surface area contributed by atoms with Crippen LogP contribution in [-0.4, -0.2) is 18.4 Å². The number of anilines is 1. The summed E-state index contributed by atoms with van der Waals surface area (Å²) < 4.78 is 27.3. The molecule has 120 valence electrons. The standard InChI is InChI=1S/C15H13Cl2N3O2S/c1-8-3-13-14(4-9(8)2)19-15(18-13)20-23(21,22)12-6-10(16)5-11(17)7-12/h3-7H,1-2H3,(H2,18,19,20). The number of aromatic amines is 1. The average molecular weight is 370 g/mol. The first kappa shape index (κ1) is 16.1. The van der Waals surface area contributed by atoms with Gasteiger partial charge in [0, 0.05) is 10.0 Å². The third-order valence-electron chi connectivity index (χ3n) is 3.47. The molecule has 2 N–H and O–H groups in total. The Morgan fingerprint density at radius 1 is 1.00 bits per heavy atom. The summed E-state index contributed by atoms with van der Waals surface area (Å²) in [7, 11) is -3.84. The minimum atomic E-state index is -3.84. The minimum Gasteiger partial charge on any atom is -0.323 e. The van der Waals surface area contributed by atoms with Gasteiger partial charge in [-0.05, 0) is 55.3 Å². The van der Waals surface area contributed by atoms with Crippen molar-refractivity contribution in [1.82, 2.24) is 9.97 Å². The number of rotatable bonds is 3. The number of nitrogens with zero attached hydrogens (tertiary/aromatic N) is 1. The number of aryl methyl sites for hydroxylation is 2. The molecule has 0 aliphatic rings. The molecule has 0 unspecified atom stereocenters. The summed E-state index contributed by atoms with van der Waals surface area (Å²) in [5.41, 5.74) is 3.63. The quantitative estimate of drug-likeness (QED) is 0.722. The zero-order valence-corrected chi connectivity index (χ0v) is 14.6. The van der Waals surface area contributed by atoms with Gasteiger partial charge in [0.1, 0.15) is 0 Å². The smallest absolute Gasteiger partial charge is 0.264 e. The zero-order valence-electron chi connectivity index (χ0n) is 12.3. The van der Waals surface area contributed by atoms with Gasteiger partial charge in [-0.25, -0.2) is 18.1 Å². The topological polar surface area (TPSA) is 74.8 Å². The van der Waals surface area contributed by atoms with Crippen molar-refractivity contribution in [3.63, 3.8) is 0 Å². The van der Waals surface area contributed by atoms with Gasteiger partial charge < -0.3 is 4.98 Å². The van der Waals surface area contributed by atoms with Crippen LogP contribution in [-0.2, 0) is 10.0 Å². The Labute approximate surface area is 143 Å². The number of benzene rings is 2. The van der Waals surface area contributed by atoms with E-state index in [1.807, 2.05) is 26.0 Å². The fourth-order valence-electron chi connectivity index (χ4n) is 2.19. The lowest BCUT2D eigenvalue weighted by molar-refractivity contribution is 0.601. The molecular formula is C15H13Cl2N3O2S. The maximum Gasteiger partial charge on any atom is 0.264 e. The molecule has 23 heavy (non-hydrogen) atoms. The van der Waals surface area contributed by atoms with Crippen molar-refractivity contribution in [3.8, 4) is 0 Å². The molecule has 0 aliphatic heterocycles. The fraction of sp³-hybridized carbons (Fsp3) is 0.133. The van der Waals surface area contributed by atoms with E-state index in [1.165, 1.54) is 18.2 Å². The van der Waals surface area contributed by atoms with Gasteiger partial charge in [0.15, 0.2) is 0 Å². The summed E-state index contributed by atoms with van der Waals surface area (Å²) in [5.74, 6) is 0.140. The first-order chi connectivity index (χ1) is 10.7. The number of fused-ring (bicyclic) bond motifs is 1. The minimum absolute atomic E-state index is 0.0252. The van der Waals surface area contributed by atoms with Crippen molar-refractivity contribution in [2.24, 2.45) is 0 Å². The highest BCUT2D eigenvalue weighted by atomic mass is 35.5. The van der Waals surface area contributed by atoms with Crippen LogP contribution in [0.15, 0.2) is 35.2 Å². The summed E-state index contributed by atoms with van der Waals surface area (Å²) in [6.45, 7) is 3.95. The van der Waals surface area contributed by atoms with Crippen molar-refractivity contribution in [1.29, 1.82) is 0 Å². The van der Waals surface area contributed by atoms with Crippen LogP contribution in [0.2, 0.25) is 10.0 Å². The maximum atomic E-state index is 12.4. The van der Waals surface area contributed by atoms with Crippen LogP contribution < -0.4 is 4.72 Å². The van der Waals surface area contributed by atoms with E-state index < -0.39 is 10.0 Å². The third kappa shape index (κ3) is 3.29. The SMILES string of the molecule is Cc1cc2nc(NS(=O)(=O)c3cc(Cl)cc(Cl)c3)[nH]c2cc1C. The van der Waals surface area contributed by atoms with Crippen molar-refractivity contribution in [2.75, 3.05) is 4.72 Å². The summed E-state index contributed by atoms with van der Waals surface area (Å²) in [6, 6.07) is 7.94. The lowest BCUT2D eigenvalue weighted by atomic mass is 10.1. The molecule has 0 fully saturated rings. The van der Waals surface area contributed by atoms with Gasteiger partial charge in [0.2, 0.25) is 5.95 Å². The van der Waals surface area contributed by atoms with E-state index in [-0.39, 0.29) is 20.9 Å². The number of sulfonamides is 1. The van der Waals surface area contributed by atoms with Gasteiger partial charge in [-0.2, -0.15) is 0 Å². The van der Waals surface area contributed by atoms with Crippen molar-refractivity contribution >= 4 is 50.2 Å². The van der Waals surface area contributed by atoms with Crippen LogP contribution in [0.3, 0.4) is 0 Å². The Kier molecular flexibility index (Phi) is 4.00. The van der Waals surface area contributed by atoms with E-state index in [1.54, 1.807) is 0 Å². The predicted molar refractivity (Wildman–Crippen MR) is 92.8 cm³/mol. The van der Waals surface area contributed by atoms with Crippen molar-refractivity contribution < 1.29 is 8.42 Å². The summed E-state index contributed by atoms with van der Waals surface area (Å²) in [6.07, 6.45) is 0. The normalized spacial score (nSPS) is 11.8. The Hall–Kier alpha value is -1.76. The summed E-state index contributed by atoms with van der Waals surface area (Å²) in [5, 5.41) is 0.488. The number of aromatic nitrogens is 2. The van der Waals surface area contributed by atoms with E-state index in [9.17, 15) is 8.42 Å². The first-order valence-corrected chi connectivity index (χ1v) is 8.94. The molecular weight excluding hydrogens is 357 g/mol. The average Bonchev–Trinajstić information content (AvgIpc) is 2.78. The predicted octanol–water partition coefficient (Wildman–Crippen LogP) is 4.29. The number of imidazole rings is 1. The molecule has 0 atom stereocenters. The van der Waals surface area contributed by atoms with E-state index in [0.29, 0.717) is 5.52 Å². The molecule has 2 aromatic carbocycles. The fourth-order valence-corrected chi connectivity index (χ4v) is 3.88. The van der Waals surface area contributed by atoms with Gasteiger partial charge in [0.05, 0.1) is 15.9 Å². The second-order valence-electron chi connectivity index (χ2n) is 5.25. The van der Waals surface area contributed by atoms with E-state index in [4.69, 9.17) is 23.2 Å². The van der Waals surface area contributed by atoms with Crippen LogP contribution >= 0.6 is 23.2 Å². The molecule has 0 aliphatic carbocycles. The van der Waals surface area contributed by atoms with Crippen LogP contribution in [0.5, 0.6) is 0 Å². The van der Waals surface area contributed by atoms with Crippen LogP contribution in [0.4, 0.5) is 5.95 Å². The largest absolute Gasteiger partial charge is 0.323 e. The van der Waals surface area contributed by atoms with Gasteiger partial charge in [-0.1, -0.05) is 23.2 Å². The Morgan fingerprint density at radius 2 is 1.61 bits per heavy atom. The molecule has 3 aromatic rings. The zero-order chi connectivity index (χ0) is 16.8. The van der Waals surface area contributed by atoms with Crippen LogP contribution in [0, 0.1) is 13.8 Å².